The summed E-state index contributed by atoms with van der Waals surface area (Å²) in [6.45, 7) is 0. The van der Waals surface area contributed by atoms with Gasteiger partial charge in [-0.2, -0.15) is 0 Å². The molecular formula is C4H6Cl3F3Ge. The zero-order valence-electron chi connectivity index (χ0n) is 5.39. The van der Waals surface area contributed by atoms with E-state index in [4.69, 9.17) is 30.0 Å². The molecule has 0 N–H and O–H groups in total. The van der Waals surface area contributed by atoms with Gasteiger partial charge in [-0.25, -0.2) is 0 Å². The first-order valence-electron chi connectivity index (χ1n) is 2.84. The Balaban J connectivity index is 3.44. The van der Waals surface area contributed by atoms with Crippen molar-refractivity contribution < 1.29 is 13.2 Å². The van der Waals surface area contributed by atoms with Crippen LogP contribution in [0.25, 0.3) is 0 Å². The molecule has 0 amide bonds. The van der Waals surface area contributed by atoms with Crippen LogP contribution in [0.3, 0.4) is 0 Å². The van der Waals surface area contributed by atoms with Crippen molar-refractivity contribution in [2.75, 3.05) is 0 Å². The van der Waals surface area contributed by atoms with Gasteiger partial charge in [0, 0.05) is 0 Å². The molecule has 0 saturated heterocycles. The fraction of sp³-hybridized carbons (Fsp3) is 1.00. The fourth-order valence-corrected chi connectivity index (χ4v) is 3.78. The summed E-state index contributed by atoms with van der Waals surface area (Å²) in [5, 5.41) is 0.115. The van der Waals surface area contributed by atoms with Gasteiger partial charge in [-0.15, -0.1) is 0 Å². The van der Waals surface area contributed by atoms with Crippen LogP contribution in [0.2, 0.25) is 5.25 Å². The van der Waals surface area contributed by atoms with E-state index < -0.39 is 23.1 Å². The molecule has 0 spiro atoms. The Kier molecular flexibility index (Phi) is 4.93. The maximum atomic E-state index is 11.5. The molecule has 0 aromatic rings. The summed E-state index contributed by atoms with van der Waals surface area (Å²) in [6, 6.07) is 0. The molecule has 0 unspecified atom stereocenters. The van der Waals surface area contributed by atoms with E-state index in [1.54, 1.807) is 0 Å². The third-order valence-electron chi connectivity index (χ3n) is 0.921. The predicted octanol–water partition coefficient (Wildman–Crippen LogP) is 3.98. The quantitative estimate of drug-likeness (QED) is 0.690. The number of alkyl halides is 3. The third-order valence-corrected chi connectivity index (χ3v) is 5.80. The van der Waals surface area contributed by atoms with Gasteiger partial charge in [0.2, 0.25) is 0 Å². The molecule has 0 bridgehead atoms. The maximum absolute atomic E-state index is 11.5. The van der Waals surface area contributed by atoms with Gasteiger partial charge < -0.3 is 0 Å². The summed E-state index contributed by atoms with van der Waals surface area (Å²) in [5.41, 5.74) is 0. The summed E-state index contributed by atoms with van der Waals surface area (Å²) in [6.07, 6.45) is -5.05. The Morgan fingerprint density at radius 1 is 1.09 bits per heavy atom. The fourth-order valence-electron chi connectivity index (χ4n) is 0.489. The van der Waals surface area contributed by atoms with Crippen molar-refractivity contribution in [3.05, 3.63) is 0 Å². The topological polar surface area (TPSA) is 0 Å². The van der Waals surface area contributed by atoms with E-state index in [1.165, 1.54) is 0 Å². The van der Waals surface area contributed by atoms with Crippen LogP contribution in [0.15, 0.2) is 0 Å². The van der Waals surface area contributed by atoms with E-state index in [9.17, 15) is 13.2 Å². The molecule has 11 heavy (non-hydrogen) atoms. The molecular weight excluding hydrogens is 284 g/mol. The summed E-state index contributed by atoms with van der Waals surface area (Å²) in [7, 11) is 13.0. The van der Waals surface area contributed by atoms with Crippen LogP contribution in [-0.2, 0) is 0 Å². The van der Waals surface area contributed by atoms with Crippen molar-refractivity contribution in [2.24, 2.45) is 0 Å². The SMILES string of the molecule is FC(F)(F)CC[CH2][Ge]([Cl])([Cl])[Cl]. The van der Waals surface area contributed by atoms with Crippen molar-refractivity contribution in [1.29, 1.82) is 0 Å². The first kappa shape index (κ1) is 12.2. The molecule has 0 radical (unpaired) electrons. The van der Waals surface area contributed by atoms with Gasteiger partial charge in [-0.1, -0.05) is 0 Å². The average molecular weight is 290 g/mol. The summed E-state index contributed by atoms with van der Waals surface area (Å²) in [4.78, 5) is 0. The molecule has 0 rings (SSSR count). The second-order valence-corrected chi connectivity index (χ2v) is 18.8. The van der Waals surface area contributed by atoms with E-state index >= 15 is 0 Å². The second kappa shape index (κ2) is 4.44. The van der Waals surface area contributed by atoms with Gasteiger partial charge in [0.25, 0.3) is 0 Å². The minimum atomic E-state index is -4.13. The molecule has 0 aliphatic rings. The van der Waals surface area contributed by atoms with Gasteiger partial charge in [-0.05, 0) is 0 Å². The molecule has 0 heterocycles. The number of hydrogen-bond donors (Lipinski definition) is 0. The number of hydrogen-bond acceptors (Lipinski definition) is 0. The van der Waals surface area contributed by atoms with Crippen molar-refractivity contribution in [3.63, 3.8) is 0 Å². The monoisotopic (exact) mass is 290 g/mol. The van der Waals surface area contributed by atoms with Crippen LogP contribution in [0.4, 0.5) is 13.2 Å². The number of halogens is 6. The summed E-state index contributed by atoms with van der Waals surface area (Å²) < 4.78 is 34.6. The molecule has 7 heteroatoms. The van der Waals surface area contributed by atoms with Gasteiger partial charge in [-0.3, -0.25) is 0 Å². The molecule has 0 fully saturated rings. The standard InChI is InChI=1S/C4H6Cl3F3Ge/c5-11(6,7)3-1-2-4(8,9)10/h1-3H2. The van der Waals surface area contributed by atoms with Crippen molar-refractivity contribution in [2.45, 2.75) is 24.3 Å². The van der Waals surface area contributed by atoms with Crippen LogP contribution in [0, 0.1) is 0 Å². The Bertz CT molecular complexity index is 105. The zero-order chi connectivity index (χ0) is 9.12. The molecule has 68 valence electrons. The second-order valence-electron chi connectivity index (χ2n) is 2.08. The van der Waals surface area contributed by atoms with Crippen molar-refractivity contribution in [1.82, 2.24) is 0 Å². The average Bonchev–Trinajstić information content (AvgIpc) is 1.55. The van der Waals surface area contributed by atoms with Gasteiger partial charge in [0.15, 0.2) is 0 Å². The first-order chi connectivity index (χ1) is 4.71. The van der Waals surface area contributed by atoms with Crippen molar-refractivity contribution >= 4 is 40.5 Å². The predicted molar refractivity (Wildman–Crippen MR) is 43.4 cm³/mol. The third kappa shape index (κ3) is 11.2. The van der Waals surface area contributed by atoms with Crippen LogP contribution >= 0.6 is 30.0 Å². The molecule has 0 aliphatic heterocycles. The van der Waals surface area contributed by atoms with E-state index in [0.29, 0.717) is 0 Å². The van der Waals surface area contributed by atoms with Gasteiger partial charge in [0.1, 0.15) is 0 Å². The van der Waals surface area contributed by atoms with Gasteiger partial charge >= 0.3 is 77.9 Å². The van der Waals surface area contributed by atoms with E-state index in [2.05, 4.69) is 0 Å². The first-order valence-corrected chi connectivity index (χ1v) is 12.6. The molecule has 0 aromatic carbocycles. The van der Waals surface area contributed by atoms with E-state index in [0.717, 1.165) is 0 Å². The van der Waals surface area contributed by atoms with E-state index in [1.807, 2.05) is 0 Å². The van der Waals surface area contributed by atoms with Crippen molar-refractivity contribution in [3.8, 4) is 0 Å². The van der Waals surface area contributed by atoms with E-state index in [-0.39, 0.29) is 11.7 Å². The summed E-state index contributed by atoms with van der Waals surface area (Å²) in [5.74, 6) is 0. The van der Waals surface area contributed by atoms with Crippen LogP contribution in [0.1, 0.15) is 12.8 Å². The van der Waals surface area contributed by atoms with Gasteiger partial charge in [0.05, 0.1) is 0 Å². The van der Waals surface area contributed by atoms with Crippen LogP contribution in [-0.4, -0.2) is 16.7 Å². The van der Waals surface area contributed by atoms with Crippen LogP contribution in [0.5, 0.6) is 0 Å². The normalized spacial score (nSPS) is 13.6. The Hall–Kier alpha value is 1.20. The molecule has 0 aromatic heterocycles. The molecule has 0 atom stereocenters. The zero-order valence-corrected chi connectivity index (χ0v) is 9.75. The molecule has 0 nitrogen and oxygen atoms in total. The Morgan fingerprint density at radius 2 is 1.55 bits per heavy atom. The molecule has 0 saturated carbocycles. The molecule has 0 aliphatic carbocycles. The Morgan fingerprint density at radius 3 is 1.82 bits per heavy atom. The summed E-state index contributed by atoms with van der Waals surface area (Å²) >= 11 is 0. The minimum absolute atomic E-state index is 0.0694. The van der Waals surface area contributed by atoms with Crippen LogP contribution < -0.4 is 0 Å². The Labute approximate surface area is 77.9 Å². The number of rotatable bonds is 3.